The molecule has 1 aromatic heterocycles. The lowest BCUT2D eigenvalue weighted by atomic mass is 10.2. The Bertz CT molecular complexity index is 260. The quantitative estimate of drug-likeness (QED) is 0.723. The molecule has 13 heavy (non-hydrogen) atoms. The summed E-state index contributed by atoms with van der Waals surface area (Å²) in [5.74, 6) is 1.00. The van der Waals surface area contributed by atoms with Crippen molar-refractivity contribution in [1.29, 1.82) is 0 Å². The fraction of sp³-hybridized carbons (Fsp3) is 0.556. The van der Waals surface area contributed by atoms with Crippen molar-refractivity contribution in [1.82, 2.24) is 15.3 Å². The number of nitrogens with one attached hydrogen (secondary N) is 1. The van der Waals surface area contributed by atoms with Crippen molar-refractivity contribution in [2.24, 2.45) is 0 Å². The summed E-state index contributed by atoms with van der Waals surface area (Å²) in [6.45, 7) is 0.953. The second-order valence-corrected chi connectivity index (χ2v) is 3.12. The molecule has 4 nitrogen and oxygen atoms in total. The van der Waals surface area contributed by atoms with Gasteiger partial charge in [-0.15, -0.1) is 0 Å². The van der Waals surface area contributed by atoms with Crippen LogP contribution in [0.5, 0.6) is 0 Å². The highest BCUT2D eigenvalue weighted by Gasteiger charge is 2.04. The summed E-state index contributed by atoms with van der Waals surface area (Å²) in [4.78, 5) is 10.2. The fourth-order valence-corrected chi connectivity index (χ4v) is 1.19. The molecule has 0 aromatic carbocycles. The monoisotopic (exact) mass is 180 g/mol. The summed E-state index contributed by atoms with van der Waals surface area (Å²) in [5, 5.41) is 3.11. The molecule has 72 valence electrons. The summed E-state index contributed by atoms with van der Waals surface area (Å²) in [6.07, 6.45) is 4.42. The average Bonchev–Trinajstić information content (AvgIpc) is 2.15. The molecule has 0 bridgehead atoms. The minimum absolute atomic E-state index is 0.953. The van der Waals surface area contributed by atoms with Gasteiger partial charge in [-0.3, -0.25) is 0 Å². The van der Waals surface area contributed by atoms with E-state index in [-0.39, 0.29) is 0 Å². The summed E-state index contributed by atoms with van der Waals surface area (Å²) in [7, 11) is 5.93. The van der Waals surface area contributed by atoms with Crippen molar-refractivity contribution in [3.8, 4) is 0 Å². The van der Waals surface area contributed by atoms with Crippen molar-refractivity contribution in [2.75, 3.05) is 32.6 Å². The van der Waals surface area contributed by atoms with Crippen LogP contribution in [0.15, 0.2) is 12.5 Å². The van der Waals surface area contributed by atoms with Crippen LogP contribution in [0.25, 0.3) is 0 Å². The van der Waals surface area contributed by atoms with Gasteiger partial charge < -0.3 is 10.2 Å². The first-order valence-electron chi connectivity index (χ1n) is 4.36. The number of likely N-dealkylation sites (N-methyl/N-ethyl adjacent to an activating group) is 1. The Labute approximate surface area is 79.0 Å². The van der Waals surface area contributed by atoms with E-state index in [2.05, 4.69) is 15.3 Å². The maximum absolute atomic E-state index is 4.22. The Morgan fingerprint density at radius 2 is 2.23 bits per heavy atom. The highest BCUT2D eigenvalue weighted by molar-refractivity contribution is 5.43. The number of hydrogen-bond donors (Lipinski definition) is 1. The third-order valence-electron chi connectivity index (χ3n) is 1.83. The van der Waals surface area contributed by atoms with Crippen LogP contribution in [0.4, 0.5) is 5.82 Å². The van der Waals surface area contributed by atoms with Crippen molar-refractivity contribution in [3.63, 3.8) is 0 Å². The van der Waals surface area contributed by atoms with Crippen molar-refractivity contribution < 1.29 is 0 Å². The predicted octanol–water partition coefficient (Wildman–Crippen LogP) is 0.304. The zero-order valence-electron chi connectivity index (χ0n) is 8.41. The summed E-state index contributed by atoms with van der Waals surface area (Å²) in [6, 6.07) is 0. The molecule has 0 saturated heterocycles. The number of nitrogens with zero attached hydrogens (tertiary/aromatic N) is 3. The summed E-state index contributed by atoms with van der Waals surface area (Å²) >= 11 is 0. The molecule has 0 aliphatic carbocycles. The van der Waals surface area contributed by atoms with Gasteiger partial charge in [0.05, 0.1) is 0 Å². The smallest absolute Gasteiger partial charge is 0.134 e. The first-order chi connectivity index (χ1) is 6.25. The Morgan fingerprint density at radius 1 is 1.46 bits per heavy atom. The van der Waals surface area contributed by atoms with Crippen LogP contribution < -0.4 is 10.2 Å². The number of rotatable bonds is 4. The van der Waals surface area contributed by atoms with Crippen LogP contribution in [0.2, 0.25) is 0 Å². The molecule has 1 heterocycles. The Hall–Kier alpha value is -1.16. The predicted molar refractivity (Wildman–Crippen MR) is 54.0 cm³/mol. The molecule has 0 saturated carbocycles. The fourth-order valence-electron chi connectivity index (χ4n) is 1.19. The first kappa shape index (κ1) is 9.92. The lowest BCUT2D eigenvalue weighted by Crippen LogP contribution is -2.17. The largest absolute Gasteiger partial charge is 0.362 e. The SMILES string of the molecule is CNCCc1cncnc1N(C)C. The summed E-state index contributed by atoms with van der Waals surface area (Å²) in [5.41, 5.74) is 1.18. The second-order valence-electron chi connectivity index (χ2n) is 3.12. The van der Waals surface area contributed by atoms with Gasteiger partial charge in [0, 0.05) is 25.9 Å². The topological polar surface area (TPSA) is 41.1 Å². The highest BCUT2D eigenvalue weighted by atomic mass is 15.1. The Kier molecular flexibility index (Phi) is 3.64. The van der Waals surface area contributed by atoms with Gasteiger partial charge in [-0.25, -0.2) is 9.97 Å². The third-order valence-corrected chi connectivity index (χ3v) is 1.83. The molecule has 1 N–H and O–H groups in total. The zero-order valence-corrected chi connectivity index (χ0v) is 8.41. The molecule has 0 unspecified atom stereocenters. The van der Waals surface area contributed by atoms with E-state index >= 15 is 0 Å². The van der Waals surface area contributed by atoms with Gasteiger partial charge in [0.1, 0.15) is 12.1 Å². The lowest BCUT2D eigenvalue weighted by molar-refractivity contribution is 0.783. The molecular formula is C9H16N4. The van der Waals surface area contributed by atoms with Gasteiger partial charge in [0.25, 0.3) is 0 Å². The van der Waals surface area contributed by atoms with Gasteiger partial charge in [-0.1, -0.05) is 0 Å². The van der Waals surface area contributed by atoms with Gasteiger partial charge in [0.15, 0.2) is 0 Å². The van der Waals surface area contributed by atoms with Gasteiger partial charge in [-0.05, 0) is 20.0 Å². The number of anilines is 1. The first-order valence-corrected chi connectivity index (χ1v) is 4.36. The van der Waals surface area contributed by atoms with E-state index in [4.69, 9.17) is 0 Å². The molecule has 0 amide bonds. The molecule has 0 spiro atoms. The average molecular weight is 180 g/mol. The Balaban J connectivity index is 2.78. The van der Waals surface area contributed by atoms with E-state index < -0.39 is 0 Å². The maximum atomic E-state index is 4.22. The van der Waals surface area contributed by atoms with E-state index in [1.54, 1.807) is 6.33 Å². The van der Waals surface area contributed by atoms with Gasteiger partial charge in [-0.2, -0.15) is 0 Å². The van der Waals surface area contributed by atoms with Crippen LogP contribution in [0.1, 0.15) is 5.56 Å². The van der Waals surface area contributed by atoms with Crippen molar-refractivity contribution >= 4 is 5.82 Å². The summed E-state index contributed by atoms with van der Waals surface area (Å²) < 4.78 is 0. The van der Waals surface area contributed by atoms with Crippen LogP contribution in [-0.2, 0) is 6.42 Å². The number of aromatic nitrogens is 2. The Morgan fingerprint density at radius 3 is 2.85 bits per heavy atom. The highest BCUT2D eigenvalue weighted by Crippen LogP contribution is 2.12. The molecular weight excluding hydrogens is 164 g/mol. The molecule has 1 rings (SSSR count). The molecule has 0 atom stereocenters. The van der Waals surface area contributed by atoms with Crippen LogP contribution in [-0.4, -0.2) is 37.7 Å². The minimum Gasteiger partial charge on any atom is -0.362 e. The number of hydrogen-bond acceptors (Lipinski definition) is 4. The van der Waals surface area contributed by atoms with Crippen LogP contribution in [0, 0.1) is 0 Å². The molecule has 4 heteroatoms. The van der Waals surface area contributed by atoms with E-state index in [1.807, 2.05) is 32.2 Å². The molecule has 0 aliphatic heterocycles. The second kappa shape index (κ2) is 4.77. The molecule has 1 aromatic rings. The molecule has 0 fully saturated rings. The van der Waals surface area contributed by atoms with Crippen molar-refractivity contribution in [3.05, 3.63) is 18.1 Å². The standard InChI is InChI=1S/C9H16N4/c1-10-5-4-8-6-11-7-12-9(8)13(2)3/h6-7,10H,4-5H2,1-3H3. The minimum atomic E-state index is 0.953. The normalized spacial score (nSPS) is 10.1. The van der Waals surface area contributed by atoms with E-state index in [9.17, 15) is 0 Å². The van der Waals surface area contributed by atoms with Gasteiger partial charge in [0.2, 0.25) is 0 Å². The zero-order chi connectivity index (χ0) is 9.68. The molecule has 0 radical (unpaired) electrons. The van der Waals surface area contributed by atoms with E-state index in [0.717, 1.165) is 18.8 Å². The lowest BCUT2D eigenvalue weighted by Gasteiger charge is -2.14. The van der Waals surface area contributed by atoms with E-state index in [1.165, 1.54) is 5.56 Å². The molecule has 0 aliphatic rings. The van der Waals surface area contributed by atoms with Gasteiger partial charge >= 0.3 is 0 Å². The van der Waals surface area contributed by atoms with E-state index in [0.29, 0.717) is 0 Å². The van der Waals surface area contributed by atoms with Crippen LogP contribution >= 0.6 is 0 Å². The third kappa shape index (κ3) is 2.66. The van der Waals surface area contributed by atoms with Crippen LogP contribution in [0.3, 0.4) is 0 Å². The van der Waals surface area contributed by atoms with Crippen molar-refractivity contribution in [2.45, 2.75) is 6.42 Å². The maximum Gasteiger partial charge on any atom is 0.134 e.